The van der Waals surface area contributed by atoms with Gasteiger partial charge in [-0.05, 0) is 38.8 Å². The smallest absolute Gasteiger partial charge is 0.434 e. The topological polar surface area (TPSA) is 48.0 Å². The van der Waals surface area contributed by atoms with Crippen molar-refractivity contribution >= 4 is 6.16 Å². The Morgan fingerprint density at radius 1 is 0.909 bits per heavy atom. The van der Waals surface area contributed by atoms with E-state index in [4.69, 9.17) is 14.2 Å². The van der Waals surface area contributed by atoms with E-state index in [9.17, 15) is 4.79 Å². The number of carbonyl (C=O) groups is 1. The van der Waals surface area contributed by atoms with Crippen molar-refractivity contribution in [2.45, 2.75) is 111 Å². The molecule has 0 radical (unpaired) electrons. The van der Waals surface area contributed by atoms with Crippen LogP contribution in [0.2, 0.25) is 0 Å². The third-order valence-corrected chi connectivity index (χ3v) is 6.90. The molecule has 1 aliphatic rings. The van der Waals surface area contributed by atoms with Gasteiger partial charge in [-0.25, -0.2) is 4.79 Å². The molecule has 1 saturated heterocycles. The van der Waals surface area contributed by atoms with Crippen molar-refractivity contribution in [2.24, 2.45) is 17.8 Å². The van der Waals surface area contributed by atoms with Gasteiger partial charge in [0.25, 0.3) is 0 Å². The molecule has 3 atom stereocenters. The van der Waals surface area contributed by atoms with Crippen LogP contribution in [-0.2, 0) is 14.2 Å². The van der Waals surface area contributed by atoms with Gasteiger partial charge in [0.05, 0.1) is 19.8 Å². The minimum Gasteiger partial charge on any atom is -0.434 e. The maximum absolute atomic E-state index is 11.9. The summed E-state index contributed by atoms with van der Waals surface area (Å²) in [6, 6.07) is 0. The molecule has 5 nitrogen and oxygen atoms in total. The van der Waals surface area contributed by atoms with Gasteiger partial charge in [-0.15, -0.1) is 0 Å². The minimum atomic E-state index is -0.537. The van der Waals surface area contributed by atoms with E-state index in [1.165, 1.54) is 77.0 Å². The second kappa shape index (κ2) is 20.6. The Labute approximate surface area is 205 Å². The molecule has 196 valence electrons. The molecule has 0 spiro atoms. The van der Waals surface area contributed by atoms with Gasteiger partial charge in [0.1, 0.15) is 0 Å². The molecule has 0 N–H and O–H groups in total. The van der Waals surface area contributed by atoms with E-state index in [-0.39, 0.29) is 5.92 Å². The van der Waals surface area contributed by atoms with Crippen LogP contribution in [0.4, 0.5) is 4.79 Å². The van der Waals surface area contributed by atoms with Crippen molar-refractivity contribution in [1.29, 1.82) is 0 Å². The molecule has 0 aromatic carbocycles. The SMILES string of the molecule is CCCCCCCCC(CCCCC)CCOCC(C)COC(=O)OCC1CCCN(C)C1. The predicted octanol–water partition coefficient (Wildman–Crippen LogP) is 7.47. The molecule has 1 heterocycles. The van der Waals surface area contributed by atoms with E-state index < -0.39 is 6.16 Å². The normalized spacial score (nSPS) is 18.7. The fourth-order valence-electron chi connectivity index (χ4n) is 4.76. The zero-order chi connectivity index (χ0) is 24.2. The summed E-state index contributed by atoms with van der Waals surface area (Å²) < 4.78 is 16.6. The first-order valence-electron chi connectivity index (χ1n) is 14.1. The van der Waals surface area contributed by atoms with Crippen molar-refractivity contribution < 1.29 is 19.0 Å². The molecule has 0 aromatic heterocycles. The number of nitrogens with zero attached hydrogens (tertiary/aromatic N) is 1. The highest BCUT2D eigenvalue weighted by Crippen LogP contribution is 2.22. The lowest BCUT2D eigenvalue weighted by Gasteiger charge is -2.29. The number of hydrogen-bond acceptors (Lipinski definition) is 5. The zero-order valence-electron chi connectivity index (χ0n) is 22.5. The first-order valence-corrected chi connectivity index (χ1v) is 14.1. The van der Waals surface area contributed by atoms with Crippen LogP contribution in [0.5, 0.6) is 0 Å². The van der Waals surface area contributed by atoms with Crippen LogP contribution in [0.1, 0.15) is 111 Å². The van der Waals surface area contributed by atoms with Crippen LogP contribution < -0.4 is 0 Å². The van der Waals surface area contributed by atoms with Crippen molar-refractivity contribution in [3.63, 3.8) is 0 Å². The van der Waals surface area contributed by atoms with Crippen LogP contribution >= 0.6 is 0 Å². The maximum Gasteiger partial charge on any atom is 0.508 e. The van der Waals surface area contributed by atoms with Crippen LogP contribution in [0.15, 0.2) is 0 Å². The molecule has 1 fully saturated rings. The van der Waals surface area contributed by atoms with Gasteiger partial charge in [0.15, 0.2) is 0 Å². The molecule has 1 aliphatic heterocycles. The van der Waals surface area contributed by atoms with Crippen LogP contribution in [-0.4, -0.2) is 57.6 Å². The second-order valence-electron chi connectivity index (χ2n) is 10.5. The van der Waals surface area contributed by atoms with E-state index in [1.807, 2.05) is 0 Å². The third kappa shape index (κ3) is 17.3. The molecule has 0 aromatic rings. The van der Waals surface area contributed by atoms with Crippen molar-refractivity contribution in [3.05, 3.63) is 0 Å². The van der Waals surface area contributed by atoms with Gasteiger partial charge in [-0.2, -0.15) is 0 Å². The number of hydrogen-bond donors (Lipinski definition) is 0. The highest BCUT2D eigenvalue weighted by atomic mass is 16.7. The molecule has 33 heavy (non-hydrogen) atoms. The maximum atomic E-state index is 11.9. The van der Waals surface area contributed by atoms with Gasteiger partial charge >= 0.3 is 6.16 Å². The molecule has 0 aliphatic carbocycles. The third-order valence-electron chi connectivity index (χ3n) is 6.90. The van der Waals surface area contributed by atoms with Crippen LogP contribution in [0, 0.1) is 17.8 Å². The van der Waals surface area contributed by atoms with Crippen molar-refractivity contribution in [1.82, 2.24) is 4.90 Å². The lowest BCUT2D eigenvalue weighted by Crippen LogP contribution is -2.34. The Morgan fingerprint density at radius 2 is 1.58 bits per heavy atom. The number of likely N-dealkylation sites (tertiary alicyclic amines) is 1. The fraction of sp³-hybridized carbons (Fsp3) is 0.964. The highest BCUT2D eigenvalue weighted by Gasteiger charge is 2.19. The largest absolute Gasteiger partial charge is 0.508 e. The monoisotopic (exact) mass is 469 g/mol. The summed E-state index contributed by atoms with van der Waals surface area (Å²) in [7, 11) is 2.12. The summed E-state index contributed by atoms with van der Waals surface area (Å²) in [5.74, 6) is 1.41. The average molecular weight is 470 g/mol. The van der Waals surface area contributed by atoms with E-state index in [2.05, 4.69) is 32.7 Å². The molecular weight excluding hydrogens is 414 g/mol. The predicted molar refractivity (Wildman–Crippen MR) is 138 cm³/mol. The number of carbonyl (C=O) groups excluding carboxylic acids is 1. The highest BCUT2D eigenvalue weighted by molar-refractivity contribution is 5.59. The van der Waals surface area contributed by atoms with Crippen LogP contribution in [0.3, 0.4) is 0 Å². The summed E-state index contributed by atoms with van der Waals surface area (Å²) in [6.45, 7) is 11.0. The molecule has 1 rings (SSSR count). The van der Waals surface area contributed by atoms with Gasteiger partial charge < -0.3 is 19.1 Å². The Morgan fingerprint density at radius 3 is 2.30 bits per heavy atom. The van der Waals surface area contributed by atoms with E-state index in [0.717, 1.165) is 38.5 Å². The number of rotatable bonds is 20. The Balaban J connectivity index is 2.10. The molecule has 0 saturated carbocycles. The summed E-state index contributed by atoms with van der Waals surface area (Å²) in [5, 5.41) is 0. The first kappa shape index (κ1) is 30.2. The first-order chi connectivity index (χ1) is 16.0. The summed E-state index contributed by atoms with van der Waals surface area (Å²) >= 11 is 0. The van der Waals surface area contributed by atoms with Crippen molar-refractivity contribution in [3.8, 4) is 0 Å². The van der Waals surface area contributed by atoms with E-state index >= 15 is 0 Å². The summed E-state index contributed by atoms with van der Waals surface area (Å²) in [4.78, 5) is 14.2. The quantitative estimate of drug-likeness (QED) is 0.137. The lowest BCUT2D eigenvalue weighted by atomic mass is 9.92. The van der Waals surface area contributed by atoms with E-state index in [0.29, 0.717) is 25.7 Å². The molecule has 0 amide bonds. The lowest BCUT2D eigenvalue weighted by molar-refractivity contribution is 0.0132. The Bertz CT molecular complexity index is 459. The zero-order valence-corrected chi connectivity index (χ0v) is 22.5. The number of ether oxygens (including phenoxy) is 3. The van der Waals surface area contributed by atoms with Gasteiger partial charge in [0, 0.05) is 25.0 Å². The van der Waals surface area contributed by atoms with Crippen molar-refractivity contribution in [2.75, 3.05) is 46.6 Å². The van der Waals surface area contributed by atoms with Gasteiger partial charge in [-0.3, -0.25) is 0 Å². The van der Waals surface area contributed by atoms with Gasteiger partial charge in [-0.1, -0.05) is 91.4 Å². The Hall–Kier alpha value is -0.810. The second-order valence-corrected chi connectivity index (χ2v) is 10.5. The van der Waals surface area contributed by atoms with Gasteiger partial charge in [0.2, 0.25) is 0 Å². The Kier molecular flexibility index (Phi) is 18.8. The number of unbranched alkanes of at least 4 members (excludes halogenated alkanes) is 7. The minimum absolute atomic E-state index is 0.190. The molecule has 5 heteroatoms. The summed E-state index contributed by atoms with van der Waals surface area (Å²) in [6.07, 6.45) is 17.8. The molecule has 0 bridgehead atoms. The molecule has 3 unspecified atom stereocenters. The summed E-state index contributed by atoms with van der Waals surface area (Å²) in [5.41, 5.74) is 0. The standard InChI is InChI=1S/C28H55NO4/c1-5-7-9-10-11-13-16-26(15-12-8-6-2)18-20-31-22-25(3)23-32-28(30)33-24-27-17-14-19-29(4)21-27/h25-27H,5-24H2,1-4H3. The average Bonchev–Trinajstić information content (AvgIpc) is 2.81. The van der Waals surface area contributed by atoms with E-state index in [1.54, 1.807) is 0 Å². The number of piperidine rings is 1. The van der Waals surface area contributed by atoms with Crippen LogP contribution in [0.25, 0.3) is 0 Å². The fourth-order valence-corrected chi connectivity index (χ4v) is 4.76. The molecular formula is C28H55NO4.